The van der Waals surface area contributed by atoms with Gasteiger partial charge in [0.25, 0.3) is 5.91 Å². The number of rotatable bonds is 5. The van der Waals surface area contributed by atoms with Gasteiger partial charge < -0.3 is 0 Å². The van der Waals surface area contributed by atoms with Crippen molar-refractivity contribution in [3.05, 3.63) is 41.7 Å². The lowest BCUT2D eigenvalue weighted by Crippen LogP contribution is -2.30. The molecule has 9 heteroatoms. The van der Waals surface area contributed by atoms with Crippen LogP contribution < -0.4 is 11.3 Å². The highest BCUT2D eigenvalue weighted by atomic mass is 32.2. The van der Waals surface area contributed by atoms with Crippen molar-refractivity contribution in [2.45, 2.75) is 11.4 Å². The Kier molecular flexibility index (Phi) is 4.64. The summed E-state index contributed by atoms with van der Waals surface area (Å²) in [5, 5.41) is 7.35. The van der Waals surface area contributed by atoms with Gasteiger partial charge in [0.15, 0.2) is 5.69 Å². The molecule has 106 valence electrons. The number of hydrogen-bond acceptors (Lipinski definition) is 5. The van der Waals surface area contributed by atoms with Gasteiger partial charge in [0.1, 0.15) is 11.6 Å². The Morgan fingerprint density at radius 3 is 3.00 bits per heavy atom. The van der Waals surface area contributed by atoms with Crippen molar-refractivity contribution in [1.82, 2.24) is 20.4 Å². The van der Waals surface area contributed by atoms with Crippen LogP contribution in [0.15, 0.2) is 29.3 Å². The molecule has 2 rings (SSSR count). The lowest BCUT2D eigenvalue weighted by molar-refractivity contribution is 0.0948. The highest BCUT2D eigenvalue weighted by molar-refractivity contribution is 7.99. The van der Waals surface area contributed by atoms with Gasteiger partial charge in [-0.15, -0.1) is 16.9 Å². The molecule has 0 unspecified atom stereocenters. The minimum absolute atomic E-state index is 0.0921. The SMILES string of the molecule is NNC(=O)c1cn(CCSc2cc(F)ccc2F)nn1. The fourth-order valence-electron chi connectivity index (χ4n) is 1.42. The second-order valence-electron chi connectivity index (χ2n) is 3.76. The molecular formula is C11H11F2N5OS. The first-order valence-electron chi connectivity index (χ1n) is 5.59. The van der Waals surface area contributed by atoms with Crippen molar-refractivity contribution in [2.24, 2.45) is 5.84 Å². The highest BCUT2D eigenvalue weighted by Crippen LogP contribution is 2.22. The number of amides is 1. The van der Waals surface area contributed by atoms with Crippen LogP contribution in [-0.2, 0) is 6.54 Å². The summed E-state index contributed by atoms with van der Waals surface area (Å²) in [7, 11) is 0. The van der Waals surface area contributed by atoms with Crippen LogP contribution in [0.5, 0.6) is 0 Å². The largest absolute Gasteiger partial charge is 0.289 e. The highest BCUT2D eigenvalue weighted by Gasteiger charge is 2.09. The van der Waals surface area contributed by atoms with E-state index in [1.54, 1.807) is 0 Å². The van der Waals surface area contributed by atoms with Crippen molar-refractivity contribution in [2.75, 3.05) is 5.75 Å². The van der Waals surface area contributed by atoms with E-state index in [-0.39, 0.29) is 10.6 Å². The maximum absolute atomic E-state index is 13.4. The summed E-state index contributed by atoms with van der Waals surface area (Å²) in [6, 6.07) is 3.28. The molecule has 0 fully saturated rings. The number of carbonyl (C=O) groups is 1. The van der Waals surface area contributed by atoms with Crippen molar-refractivity contribution in [1.29, 1.82) is 0 Å². The number of nitrogens with one attached hydrogen (secondary N) is 1. The molecule has 0 spiro atoms. The molecule has 1 amide bonds. The second-order valence-corrected chi connectivity index (χ2v) is 4.90. The summed E-state index contributed by atoms with van der Waals surface area (Å²) in [5.41, 5.74) is 2.03. The molecule has 0 saturated heterocycles. The predicted octanol–water partition coefficient (Wildman–Crippen LogP) is 0.952. The predicted molar refractivity (Wildman–Crippen MR) is 68.8 cm³/mol. The Hall–Kier alpha value is -2.00. The maximum Gasteiger partial charge on any atom is 0.287 e. The third kappa shape index (κ3) is 3.52. The number of hydrogen-bond donors (Lipinski definition) is 2. The summed E-state index contributed by atoms with van der Waals surface area (Å²) in [5.74, 6) is 3.91. The lowest BCUT2D eigenvalue weighted by Gasteiger charge is -2.03. The van der Waals surface area contributed by atoms with Gasteiger partial charge in [-0.2, -0.15) is 0 Å². The maximum atomic E-state index is 13.4. The smallest absolute Gasteiger partial charge is 0.287 e. The van der Waals surface area contributed by atoms with E-state index in [9.17, 15) is 13.6 Å². The molecule has 0 aliphatic heterocycles. The first-order valence-corrected chi connectivity index (χ1v) is 6.57. The van der Waals surface area contributed by atoms with Crippen molar-refractivity contribution < 1.29 is 13.6 Å². The van der Waals surface area contributed by atoms with Crippen LogP contribution in [0.2, 0.25) is 0 Å². The van der Waals surface area contributed by atoms with Crippen LogP contribution in [0.4, 0.5) is 8.78 Å². The third-order valence-corrected chi connectivity index (χ3v) is 3.38. The van der Waals surface area contributed by atoms with E-state index in [1.807, 2.05) is 5.43 Å². The van der Waals surface area contributed by atoms with Gasteiger partial charge >= 0.3 is 0 Å². The number of nitrogens with two attached hydrogens (primary N) is 1. The Morgan fingerprint density at radius 1 is 1.45 bits per heavy atom. The van der Waals surface area contributed by atoms with Gasteiger partial charge in [0, 0.05) is 10.6 Å². The molecule has 6 nitrogen and oxygen atoms in total. The standard InChI is InChI=1S/C11H11F2N5OS/c12-7-1-2-8(13)10(5-7)20-4-3-18-6-9(16-17-18)11(19)15-14/h1-2,5-6H,3-4,14H2,(H,15,19). The molecule has 0 aliphatic carbocycles. The molecule has 1 aromatic carbocycles. The Morgan fingerprint density at radius 2 is 2.25 bits per heavy atom. The monoisotopic (exact) mass is 299 g/mol. The third-order valence-electron chi connectivity index (χ3n) is 2.37. The van der Waals surface area contributed by atoms with Gasteiger partial charge in [-0.05, 0) is 18.2 Å². The molecule has 0 radical (unpaired) electrons. The van der Waals surface area contributed by atoms with E-state index >= 15 is 0 Å². The Bertz CT molecular complexity index is 619. The van der Waals surface area contributed by atoms with Gasteiger partial charge in [-0.3, -0.25) is 14.9 Å². The average molecular weight is 299 g/mol. The summed E-state index contributed by atoms with van der Waals surface area (Å²) in [6.07, 6.45) is 1.42. The van der Waals surface area contributed by atoms with Crippen LogP contribution in [0.1, 0.15) is 10.5 Å². The van der Waals surface area contributed by atoms with E-state index in [1.165, 1.54) is 10.9 Å². The van der Waals surface area contributed by atoms with E-state index < -0.39 is 17.5 Å². The van der Waals surface area contributed by atoms with Gasteiger partial charge in [-0.1, -0.05) is 5.21 Å². The normalized spacial score (nSPS) is 10.6. The first kappa shape index (κ1) is 14.4. The van der Waals surface area contributed by atoms with Crippen molar-refractivity contribution in [3.63, 3.8) is 0 Å². The zero-order valence-corrected chi connectivity index (χ0v) is 11.0. The summed E-state index contributed by atoms with van der Waals surface area (Å²) < 4.78 is 27.8. The minimum atomic E-state index is -0.542. The summed E-state index contributed by atoms with van der Waals surface area (Å²) in [6.45, 7) is 0.394. The zero-order chi connectivity index (χ0) is 14.5. The molecule has 2 aromatic rings. The number of thioether (sulfide) groups is 1. The fourth-order valence-corrected chi connectivity index (χ4v) is 2.32. The number of aryl methyl sites for hydroxylation is 1. The summed E-state index contributed by atoms with van der Waals surface area (Å²) in [4.78, 5) is 11.4. The van der Waals surface area contributed by atoms with Gasteiger partial charge in [0.2, 0.25) is 0 Å². The summed E-state index contributed by atoms with van der Waals surface area (Å²) >= 11 is 1.15. The Labute approximate surface area is 117 Å². The van der Waals surface area contributed by atoms with Gasteiger partial charge in [-0.25, -0.2) is 14.6 Å². The Balaban J connectivity index is 1.91. The van der Waals surface area contributed by atoms with E-state index in [0.717, 1.165) is 30.0 Å². The second kappa shape index (κ2) is 6.44. The molecule has 0 saturated carbocycles. The first-order chi connectivity index (χ1) is 9.60. The molecular weight excluding hydrogens is 288 g/mol. The van der Waals surface area contributed by atoms with E-state index in [2.05, 4.69) is 10.3 Å². The topological polar surface area (TPSA) is 85.8 Å². The quantitative estimate of drug-likeness (QED) is 0.371. The van der Waals surface area contributed by atoms with Crippen LogP contribution in [0, 0.1) is 11.6 Å². The number of carbonyl (C=O) groups excluding carboxylic acids is 1. The lowest BCUT2D eigenvalue weighted by atomic mass is 10.3. The number of benzene rings is 1. The molecule has 3 N–H and O–H groups in total. The number of nitrogen functional groups attached to an aromatic ring is 1. The zero-order valence-electron chi connectivity index (χ0n) is 10.2. The number of hydrazine groups is 1. The molecule has 1 heterocycles. The molecule has 0 aliphatic rings. The number of nitrogens with zero attached hydrogens (tertiary/aromatic N) is 3. The number of aromatic nitrogens is 3. The van der Waals surface area contributed by atoms with Crippen LogP contribution in [-0.4, -0.2) is 26.7 Å². The molecule has 20 heavy (non-hydrogen) atoms. The van der Waals surface area contributed by atoms with E-state index in [0.29, 0.717) is 12.3 Å². The minimum Gasteiger partial charge on any atom is -0.289 e. The average Bonchev–Trinajstić information content (AvgIpc) is 2.90. The van der Waals surface area contributed by atoms with Crippen LogP contribution in [0.25, 0.3) is 0 Å². The molecule has 1 aromatic heterocycles. The molecule has 0 bridgehead atoms. The van der Waals surface area contributed by atoms with Crippen LogP contribution in [0.3, 0.4) is 0 Å². The number of halogens is 2. The molecule has 0 atom stereocenters. The van der Waals surface area contributed by atoms with Crippen LogP contribution >= 0.6 is 11.8 Å². The van der Waals surface area contributed by atoms with Crippen molar-refractivity contribution >= 4 is 17.7 Å². The van der Waals surface area contributed by atoms with E-state index in [4.69, 9.17) is 5.84 Å². The van der Waals surface area contributed by atoms with Crippen molar-refractivity contribution in [3.8, 4) is 0 Å². The fraction of sp³-hybridized carbons (Fsp3) is 0.182. The van der Waals surface area contributed by atoms with Gasteiger partial charge in [0.05, 0.1) is 12.7 Å².